The Morgan fingerprint density at radius 2 is 1.64 bits per heavy atom. The second-order valence-electron chi connectivity index (χ2n) is 8.89. The number of aryl methyl sites for hydroxylation is 1. The van der Waals surface area contributed by atoms with Crippen molar-refractivity contribution in [3.63, 3.8) is 0 Å². The van der Waals surface area contributed by atoms with Crippen molar-refractivity contribution in [3.8, 4) is 0 Å². The molecule has 0 spiro atoms. The molecule has 0 saturated carbocycles. The average molecular weight is 509 g/mol. The number of carbonyl (C=O) groups excluding carboxylic acids is 1. The Morgan fingerprint density at radius 1 is 1.06 bits per heavy atom. The molecule has 1 amide bonds. The molecule has 4 heterocycles. The standard InChI is InChI=1S/C22H30N6O.C2HF3O2/c1-4-16-14-23-22(24-15-16)28-11-7-17-13-18(21(29)27-9-5-6-10-27)20(26(2)3)25-19(17)8-12-28;3-2(4,5)1(6)7/h13-15H,4-12H2,1-3H3;(H,6,7). The molecule has 0 aliphatic carbocycles. The summed E-state index contributed by atoms with van der Waals surface area (Å²) >= 11 is 0. The molecule has 2 aliphatic rings. The zero-order chi connectivity index (χ0) is 26.5. The number of nitrogens with zero attached hydrogens (tertiary/aromatic N) is 6. The molecular formula is C24H31F3N6O3. The van der Waals surface area contributed by atoms with Crippen molar-refractivity contribution in [2.24, 2.45) is 0 Å². The largest absolute Gasteiger partial charge is 0.490 e. The van der Waals surface area contributed by atoms with Gasteiger partial charge in [-0.15, -0.1) is 0 Å². The minimum Gasteiger partial charge on any atom is -0.475 e. The Balaban J connectivity index is 0.000000454. The number of aromatic nitrogens is 3. The van der Waals surface area contributed by atoms with E-state index in [1.807, 2.05) is 36.3 Å². The van der Waals surface area contributed by atoms with E-state index in [0.717, 1.165) is 86.9 Å². The molecule has 1 saturated heterocycles. The fourth-order valence-corrected chi connectivity index (χ4v) is 4.11. The van der Waals surface area contributed by atoms with Gasteiger partial charge in [0.05, 0.1) is 5.56 Å². The van der Waals surface area contributed by atoms with Gasteiger partial charge in [-0.2, -0.15) is 13.2 Å². The first-order valence-corrected chi connectivity index (χ1v) is 11.9. The molecule has 2 aromatic heterocycles. The fourth-order valence-electron chi connectivity index (χ4n) is 4.11. The number of aliphatic carboxylic acids is 1. The Morgan fingerprint density at radius 3 is 2.17 bits per heavy atom. The van der Waals surface area contributed by atoms with Gasteiger partial charge in [-0.1, -0.05) is 6.92 Å². The maximum absolute atomic E-state index is 13.1. The number of carbonyl (C=O) groups is 2. The molecule has 4 rings (SSSR count). The molecule has 1 fully saturated rings. The predicted molar refractivity (Wildman–Crippen MR) is 128 cm³/mol. The Labute approximate surface area is 208 Å². The number of likely N-dealkylation sites (tertiary alicyclic amines) is 1. The number of fused-ring (bicyclic) bond motifs is 1. The summed E-state index contributed by atoms with van der Waals surface area (Å²) in [4.78, 5) is 42.2. The first-order valence-electron chi connectivity index (χ1n) is 11.9. The highest BCUT2D eigenvalue weighted by Crippen LogP contribution is 2.26. The normalized spacial score (nSPS) is 15.5. The maximum Gasteiger partial charge on any atom is 0.490 e. The molecule has 0 bridgehead atoms. The van der Waals surface area contributed by atoms with Crippen LogP contribution in [0.4, 0.5) is 24.9 Å². The van der Waals surface area contributed by atoms with Crippen LogP contribution in [0.15, 0.2) is 18.5 Å². The average Bonchev–Trinajstić information content (AvgIpc) is 3.30. The van der Waals surface area contributed by atoms with E-state index in [2.05, 4.69) is 27.9 Å². The van der Waals surface area contributed by atoms with Crippen LogP contribution in [0.1, 0.15) is 46.9 Å². The van der Waals surface area contributed by atoms with E-state index in [1.165, 1.54) is 5.56 Å². The van der Waals surface area contributed by atoms with Crippen LogP contribution in [-0.4, -0.2) is 83.3 Å². The van der Waals surface area contributed by atoms with Crippen molar-refractivity contribution in [1.82, 2.24) is 19.9 Å². The van der Waals surface area contributed by atoms with Crippen molar-refractivity contribution in [1.29, 1.82) is 0 Å². The maximum atomic E-state index is 13.1. The van der Waals surface area contributed by atoms with Gasteiger partial charge in [0.2, 0.25) is 5.95 Å². The lowest BCUT2D eigenvalue weighted by atomic mass is 10.0. The molecule has 0 radical (unpaired) electrons. The molecule has 9 nitrogen and oxygen atoms in total. The molecule has 2 aliphatic heterocycles. The summed E-state index contributed by atoms with van der Waals surface area (Å²) in [5.74, 6) is -1.09. The lowest BCUT2D eigenvalue weighted by Crippen LogP contribution is -2.30. The highest BCUT2D eigenvalue weighted by atomic mass is 19.4. The molecule has 0 atom stereocenters. The van der Waals surface area contributed by atoms with Crippen LogP contribution in [0.5, 0.6) is 0 Å². The van der Waals surface area contributed by atoms with Crippen molar-refractivity contribution in [2.45, 2.75) is 45.2 Å². The first-order chi connectivity index (χ1) is 17.0. The zero-order valence-corrected chi connectivity index (χ0v) is 20.7. The Bertz CT molecular complexity index is 1070. The summed E-state index contributed by atoms with van der Waals surface area (Å²) in [7, 11) is 3.92. The van der Waals surface area contributed by atoms with Crippen molar-refractivity contribution in [2.75, 3.05) is 50.1 Å². The topological polar surface area (TPSA) is 103 Å². The van der Waals surface area contributed by atoms with Crippen LogP contribution in [0.3, 0.4) is 0 Å². The van der Waals surface area contributed by atoms with Gasteiger partial charge in [0.15, 0.2) is 0 Å². The van der Waals surface area contributed by atoms with E-state index in [1.54, 1.807) is 0 Å². The van der Waals surface area contributed by atoms with Crippen molar-refractivity contribution < 1.29 is 27.9 Å². The first kappa shape index (κ1) is 27.2. The minimum atomic E-state index is -5.08. The molecule has 0 aromatic carbocycles. The van der Waals surface area contributed by atoms with Gasteiger partial charge in [0, 0.05) is 64.8 Å². The Kier molecular flexibility index (Phi) is 8.70. The van der Waals surface area contributed by atoms with Crippen LogP contribution in [-0.2, 0) is 24.1 Å². The molecule has 196 valence electrons. The lowest BCUT2D eigenvalue weighted by molar-refractivity contribution is -0.192. The third kappa shape index (κ3) is 6.61. The number of hydrogen-bond acceptors (Lipinski definition) is 7. The number of alkyl halides is 3. The number of hydrogen-bond donors (Lipinski definition) is 1. The molecule has 2 aromatic rings. The van der Waals surface area contributed by atoms with Gasteiger partial charge in [0.25, 0.3) is 5.91 Å². The number of carboxylic acid groups (broad SMARTS) is 1. The SMILES string of the molecule is CCc1cnc(N2CCc3cc(C(=O)N4CCCC4)c(N(C)C)nc3CC2)nc1.O=C(O)C(F)(F)F. The summed E-state index contributed by atoms with van der Waals surface area (Å²) < 4.78 is 31.7. The monoisotopic (exact) mass is 508 g/mol. The molecule has 1 N–H and O–H groups in total. The minimum absolute atomic E-state index is 0.112. The Hall–Kier alpha value is -3.44. The van der Waals surface area contributed by atoms with E-state index in [9.17, 15) is 18.0 Å². The summed E-state index contributed by atoms with van der Waals surface area (Å²) in [5, 5.41) is 7.12. The molecule has 0 unspecified atom stereocenters. The molecule has 12 heteroatoms. The third-order valence-corrected chi connectivity index (χ3v) is 6.11. The lowest BCUT2D eigenvalue weighted by Gasteiger charge is -2.22. The number of pyridine rings is 1. The van der Waals surface area contributed by atoms with E-state index >= 15 is 0 Å². The summed E-state index contributed by atoms with van der Waals surface area (Å²) in [6, 6.07) is 2.09. The van der Waals surface area contributed by atoms with Crippen LogP contribution >= 0.6 is 0 Å². The van der Waals surface area contributed by atoms with Crippen LogP contribution in [0.2, 0.25) is 0 Å². The highest BCUT2D eigenvalue weighted by Gasteiger charge is 2.38. The van der Waals surface area contributed by atoms with Crippen molar-refractivity contribution >= 4 is 23.6 Å². The molecular weight excluding hydrogens is 477 g/mol. The van der Waals surface area contributed by atoms with E-state index in [-0.39, 0.29) is 5.91 Å². The van der Waals surface area contributed by atoms with Crippen molar-refractivity contribution in [3.05, 3.63) is 40.8 Å². The van der Waals surface area contributed by atoms with E-state index in [0.29, 0.717) is 0 Å². The van der Waals surface area contributed by atoms with E-state index in [4.69, 9.17) is 14.9 Å². The summed E-state index contributed by atoms with van der Waals surface area (Å²) in [5.41, 5.74) is 4.13. The number of carboxylic acids is 1. The van der Waals surface area contributed by atoms with Gasteiger partial charge in [0.1, 0.15) is 5.82 Å². The van der Waals surface area contributed by atoms with Gasteiger partial charge < -0.3 is 19.8 Å². The number of halogens is 3. The van der Waals surface area contributed by atoms with Crippen LogP contribution in [0.25, 0.3) is 0 Å². The van der Waals surface area contributed by atoms with Gasteiger partial charge in [-0.05, 0) is 42.9 Å². The second kappa shape index (κ2) is 11.5. The second-order valence-corrected chi connectivity index (χ2v) is 8.89. The van der Waals surface area contributed by atoms with Gasteiger partial charge >= 0.3 is 12.1 Å². The smallest absolute Gasteiger partial charge is 0.475 e. The summed E-state index contributed by atoms with van der Waals surface area (Å²) in [6.45, 7) is 5.47. The van der Waals surface area contributed by atoms with Gasteiger partial charge in [-0.25, -0.2) is 19.7 Å². The third-order valence-electron chi connectivity index (χ3n) is 6.11. The van der Waals surface area contributed by atoms with Crippen LogP contribution in [0, 0.1) is 0 Å². The van der Waals surface area contributed by atoms with Crippen LogP contribution < -0.4 is 9.80 Å². The quantitative estimate of drug-likeness (QED) is 0.673. The number of rotatable bonds is 4. The zero-order valence-electron chi connectivity index (χ0n) is 20.7. The number of amides is 1. The van der Waals surface area contributed by atoms with E-state index < -0.39 is 12.1 Å². The highest BCUT2D eigenvalue weighted by molar-refractivity contribution is 5.99. The predicted octanol–water partition coefficient (Wildman–Crippen LogP) is 2.97. The molecule has 36 heavy (non-hydrogen) atoms. The summed E-state index contributed by atoms with van der Waals surface area (Å²) in [6.07, 6.45) is 3.53. The number of anilines is 2. The van der Waals surface area contributed by atoms with Gasteiger partial charge in [-0.3, -0.25) is 4.79 Å². The fraction of sp³-hybridized carbons (Fsp3) is 0.542.